The Morgan fingerprint density at radius 3 is 1.00 bits per heavy atom. The average Bonchev–Trinajstić information content (AvgIpc) is 3.86. The van der Waals surface area contributed by atoms with Crippen molar-refractivity contribution in [1.29, 1.82) is 0 Å². The topological polar surface area (TPSA) is 269 Å². The summed E-state index contributed by atoms with van der Waals surface area (Å²) in [6.45, 7) is 0. The molecule has 9 rings (SSSR count). The Morgan fingerprint density at radius 2 is 0.673 bits per heavy atom. The molecule has 52 heavy (non-hydrogen) atoms. The Kier molecular flexibility index (Phi) is 6.28. The molecule has 4 aromatic carbocycles. The first kappa shape index (κ1) is 30.2. The van der Waals surface area contributed by atoms with Crippen molar-refractivity contribution in [3.63, 3.8) is 0 Å². The summed E-state index contributed by atoms with van der Waals surface area (Å²) in [5.41, 5.74) is -3.81. The second kappa shape index (κ2) is 10.8. The fourth-order valence-corrected chi connectivity index (χ4v) is 6.72. The number of aromatic amines is 2. The fourth-order valence-electron chi connectivity index (χ4n) is 6.72. The van der Waals surface area contributed by atoms with Crippen LogP contribution in [0.5, 0.6) is 0 Å². The van der Waals surface area contributed by atoms with E-state index >= 15 is 0 Å². The van der Waals surface area contributed by atoms with Gasteiger partial charge in [0.1, 0.15) is 22.6 Å². The van der Waals surface area contributed by atoms with Gasteiger partial charge >= 0.3 is 0 Å². The third kappa shape index (κ3) is 4.27. The first-order valence-electron chi connectivity index (χ1n) is 15.3. The highest BCUT2D eigenvalue weighted by Gasteiger charge is 2.28. The molecule has 5 heterocycles. The predicted molar refractivity (Wildman–Crippen MR) is 173 cm³/mol. The number of carbonyl (C=O) groups is 4. The highest BCUT2D eigenvalue weighted by atomic mass is 16.4. The molecule has 0 saturated heterocycles. The fraction of sp³-hybridized carbons (Fsp3) is 0. The van der Waals surface area contributed by atoms with Crippen LogP contribution in [0.2, 0.25) is 0 Å². The van der Waals surface area contributed by atoms with Crippen molar-refractivity contribution in [2.45, 2.75) is 0 Å². The Hall–Kier alpha value is -7.88. The summed E-state index contributed by atoms with van der Waals surface area (Å²) >= 11 is 0. The lowest BCUT2D eigenvalue weighted by atomic mass is 9.90. The number of carbonyl (C=O) groups excluding carboxylic acids is 4. The maximum atomic E-state index is 12.7. The summed E-state index contributed by atoms with van der Waals surface area (Å²) < 4.78 is 0. The van der Waals surface area contributed by atoms with Crippen LogP contribution in [-0.4, -0.2) is 63.7 Å². The smallest absolute Gasteiger partial charge is 0.164 e. The molecule has 0 spiro atoms. The molecule has 250 valence electrons. The van der Waals surface area contributed by atoms with Crippen LogP contribution in [0, 0.1) is 0 Å². The van der Waals surface area contributed by atoms with Gasteiger partial charge in [0.2, 0.25) is 0 Å². The van der Waals surface area contributed by atoms with E-state index < -0.39 is 68.2 Å². The van der Waals surface area contributed by atoms with E-state index in [4.69, 9.17) is 9.97 Å². The highest BCUT2D eigenvalue weighted by molar-refractivity contribution is 6.28. The molecule has 3 aromatic heterocycles. The quantitative estimate of drug-likeness (QED) is 0.252. The molecule has 0 atom stereocenters. The molecule has 7 aromatic rings. The lowest BCUT2D eigenvalue weighted by Gasteiger charge is -2.22. The van der Waals surface area contributed by atoms with Crippen LogP contribution < -0.4 is 20.4 Å². The zero-order chi connectivity index (χ0) is 36.0. The highest BCUT2D eigenvalue weighted by Crippen LogP contribution is 2.39. The minimum atomic E-state index is -2.34. The van der Waals surface area contributed by atoms with Crippen LogP contribution in [0.1, 0.15) is 41.4 Å². The Balaban J connectivity index is 1.59. The molecule has 0 saturated carbocycles. The van der Waals surface area contributed by atoms with Crippen LogP contribution in [0.25, 0.3) is 89.7 Å². The van der Waals surface area contributed by atoms with Gasteiger partial charge < -0.3 is 49.6 Å². The van der Waals surface area contributed by atoms with Crippen molar-refractivity contribution < 1.29 is 39.6 Å². The van der Waals surface area contributed by atoms with Crippen molar-refractivity contribution in [1.82, 2.24) is 39.9 Å². The average molecular weight is 687 g/mol. The van der Waals surface area contributed by atoms with Gasteiger partial charge in [-0.1, -0.05) is 72.8 Å². The van der Waals surface area contributed by atoms with E-state index in [-0.39, 0.29) is 23.3 Å². The van der Waals surface area contributed by atoms with Gasteiger partial charge in [0.15, 0.2) is 23.3 Å². The van der Waals surface area contributed by atoms with Gasteiger partial charge in [-0.25, -0.2) is 29.9 Å². The van der Waals surface area contributed by atoms with Gasteiger partial charge in [-0.3, -0.25) is 0 Å². The Morgan fingerprint density at radius 1 is 0.385 bits per heavy atom. The molecule has 8 bridgehead atoms. The molecule has 16 heteroatoms. The summed E-state index contributed by atoms with van der Waals surface area (Å²) in [7, 11) is 0. The number of nitrogens with one attached hydrogen (secondary N) is 2. The molecule has 0 unspecified atom stereocenters. The first-order valence-corrected chi connectivity index (χ1v) is 15.3. The minimum Gasteiger partial charge on any atom is -0.545 e. The van der Waals surface area contributed by atoms with Crippen molar-refractivity contribution in [2.24, 2.45) is 0 Å². The third-order valence-electron chi connectivity index (χ3n) is 8.81. The van der Waals surface area contributed by atoms with Gasteiger partial charge in [0.05, 0.1) is 23.9 Å². The van der Waals surface area contributed by atoms with Crippen LogP contribution in [-0.2, 0) is 0 Å². The number of carboxylic acids is 4. The van der Waals surface area contributed by atoms with Crippen LogP contribution >= 0.6 is 0 Å². The number of benzene rings is 4. The van der Waals surface area contributed by atoms with Crippen molar-refractivity contribution in [3.05, 3.63) is 95.1 Å². The van der Waals surface area contributed by atoms with Crippen LogP contribution in [0.15, 0.2) is 72.8 Å². The van der Waals surface area contributed by atoms with E-state index in [1.807, 2.05) is 24.3 Å². The SMILES string of the molecule is O=C([O-])c1c(C(=O)[O-])c(C(=O)[O-])c2c3nc4nc(nc5[nH]c(nc6nc(nc([nH]3)c2c1C(=O)[O-])-c1ccccc1-6)c1ccccc51)-c1ccccc1-4. The molecule has 2 N–H and O–H groups in total. The molecule has 0 fully saturated rings. The lowest BCUT2D eigenvalue weighted by molar-refractivity contribution is -0.262. The summed E-state index contributed by atoms with van der Waals surface area (Å²) in [6.07, 6.45) is 0. The minimum absolute atomic E-state index is 0.0469. The van der Waals surface area contributed by atoms with Crippen LogP contribution in [0.4, 0.5) is 0 Å². The maximum Gasteiger partial charge on any atom is 0.164 e. The lowest BCUT2D eigenvalue weighted by Crippen LogP contribution is -2.38. The Bertz CT molecular complexity index is 2810. The second-order valence-electron chi connectivity index (χ2n) is 11.6. The van der Waals surface area contributed by atoms with Gasteiger partial charge in [-0.2, -0.15) is 0 Å². The van der Waals surface area contributed by atoms with E-state index in [2.05, 4.69) is 29.9 Å². The molecule has 2 aliphatic heterocycles. The van der Waals surface area contributed by atoms with Gasteiger partial charge in [-0.15, -0.1) is 0 Å². The van der Waals surface area contributed by atoms with E-state index in [9.17, 15) is 39.6 Å². The number of hydrogen-bond donors (Lipinski definition) is 2. The zero-order valence-electron chi connectivity index (χ0n) is 25.9. The molecule has 16 nitrogen and oxygen atoms in total. The molecular weight excluding hydrogens is 672 g/mol. The van der Waals surface area contributed by atoms with Gasteiger partial charge in [-0.05, 0) is 0 Å². The van der Waals surface area contributed by atoms with E-state index in [1.165, 1.54) is 0 Å². The number of H-pyrrole nitrogens is 2. The van der Waals surface area contributed by atoms with Gasteiger partial charge in [0.25, 0.3) is 0 Å². The molecule has 0 aliphatic carbocycles. The summed E-state index contributed by atoms with van der Waals surface area (Å²) in [5, 5.41) is 50.3. The number of carboxylic acid groups (broad SMARTS) is 4. The van der Waals surface area contributed by atoms with Crippen molar-refractivity contribution in [3.8, 4) is 45.6 Å². The number of rotatable bonds is 4. The first-order chi connectivity index (χ1) is 25.1. The monoisotopic (exact) mass is 686 g/mol. The standard InChI is InChI=1S/C36H18N8O8/c45-33(46)21-19-20(22(34(47)48)24(36(51)52)23(21)35(49)50)32-43-30-18-12-6-4-10-16(18)28(41-30)39-26-14-8-2-1-7-13(14)25(37-26)38-27-15-9-3-5-11-17(15)29(40-27)42-31(19)44-32/h1-12H,(H,45,46)(H,47,48)(H,49,50)(H,51,52)(H2,37,38,39,40,41,42,43,44)/p-4. The Labute approximate surface area is 287 Å². The number of aromatic nitrogens is 8. The normalized spacial score (nSPS) is 11.7. The predicted octanol–water partition coefficient (Wildman–Crippen LogP) is 0.323. The van der Waals surface area contributed by atoms with Crippen LogP contribution in [0.3, 0.4) is 0 Å². The van der Waals surface area contributed by atoms with E-state index in [0.29, 0.717) is 44.3 Å². The molecule has 0 radical (unpaired) electrons. The maximum absolute atomic E-state index is 12.7. The number of hydrogen-bond acceptors (Lipinski definition) is 14. The summed E-state index contributed by atoms with van der Waals surface area (Å²) in [5.74, 6) is -8.77. The summed E-state index contributed by atoms with van der Waals surface area (Å²) in [6, 6.07) is 21.0. The number of fused-ring (bicyclic) bond motifs is 20. The third-order valence-corrected chi connectivity index (χ3v) is 8.81. The van der Waals surface area contributed by atoms with Crippen molar-refractivity contribution in [2.75, 3.05) is 0 Å². The van der Waals surface area contributed by atoms with Gasteiger partial charge in [0, 0.05) is 66.1 Å². The number of nitrogens with zero attached hydrogens (tertiary/aromatic N) is 6. The largest absolute Gasteiger partial charge is 0.545 e. The molecule has 2 aliphatic rings. The van der Waals surface area contributed by atoms with Crippen molar-refractivity contribution >= 4 is 68.0 Å². The summed E-state index contributed by atoms with van der Waals surface area (Å²) in [4.78, 5) is 84.3. The second-order valence-corrected chi connectivity index (χ2v) is 11.6. The molecular formula is C36H14N8O8-4. The van der Waals surface area contributed by atoms with E-state index in [0.717, 1.165) is 0 Å². The molecule has 0 amide bonds. The zero-order valence-corrected chi connectivity index (χ0v) is 25.9. The number of aromatic carboxylic acids is 4. The van der Waals surface area contributed by atoms with E-state index in [1.54, 1.807) is 48.5 Å².